The lowest BCUT2D eigenvalue weighted by Gasteiger charge is -2.35. The molecule has 1 fully saturated rings. The number of carbonyl (C=O) groups is 1. The van der Waals surface area contributed by atoms with Crippen molar-refractivity contribution in [1.82, 2.24) is 0 Å². The van der Waals surface area contributed by atoms with E-state index in [2.05, 4.69) is 0 Å². The van der Waals surface area contributed by atoms with Gasteiger partial charge in [-0.15, -0.1) is 0 Å². The van der Waals surface area contributed by atoms with E-state index < -0.39 is 0 Å². The summed E-state index contributed by atoms with van der Waals surface area (Å²) in [6.45, 7) is 4.00. The Morgan fingerprint density at radius 3 is 1.97 bits per heavy atom. The van der Waals surface area contributed by atoms with Crippen LogP contribution in [0.3, 0.4) is 0 Å². The lowest BCUT2D eigenvalue weighted by Crippen LogP contribution is -2.34. The van der Waals surface area contributed by atoms with E-state index in [1.807, 2.05) is 111 Å². The summed E-state index contributed by atoms with van der Waals surface area (Å²) < 4.78 is 16.1. The van der Waals surface area contributed by atoms with Gasteiger partial charge in [0.05, 0.1) is 20.1 Å². The summed E-state index contributed by atoms with van der Waals surface area (Å²) in [6.07, 6.45) is 1.84. The summed E-state index contributed by atoms with van der Waals surface area (Å²) in [6, 6.07) is 31.4. The minimum atomic E-state index is -0.154. The molecule has 0 bridgehead atoms. The molecule has 2 atom stereocenters. The van der Waals surface area contributed by atoms with Crippen molar-refractivity contribution in [2.24, 2.45) is 5.92 Å². The number of benzene rings is 4. The topological polar surface area (TPSA) is 44.8 Å². The largest absolute Gasteiger partial charge is 0.497 e. The maximum atomic E-state index is 12.8. The molecule has 0 radical (unpaired) electrons. The second-order valence-electron chi connectivity index (χ2n) is 7.95. The number of fused-ring (bicyclic) bond motifs is 1. The van der Waals surface area contributed by atoms with Crippen LogP contribution in [0.5, 0.6) is 17.2 Å². The fraction of sp³-hybridized carbons (Fsp3) is 0.258. The molecule has 4 aromatic rings. The quantitative estimate of drug-likeness (QED) is 0.222. The van der Waals surface area contributed by atoms with Gasteiger partial charge in [-0.1, -0.05) is 86.6 Å². The van der Waals surface area contributed by atoms with Crippen molar-refractivity contribution < 1.29 is 19.0 Å². The molecule has 1 saturated carbocycles. The van der Waals surface area contributed by atoms with Crippen LogP contribution < -0.4 is 14.2 Å². The number of rotatable bonds is 5. The van der Waals surface area contributed by atoms with Gasteiger partial charge in [0.2, 0.25) is 0 Å². The van der Waals surface area contributed by atoms with E-state index >= 15 is 0 Å². The molecule has 5 rings (SSSR count). The summed E-state index contributed by atoms with van der Waals surface area (Å²) in [4.78, 5) is 12.8. The summed E-state index contributed by atoms with van der Waals surface area (Å²) in [5, 5.41) is 2.04. The normalized spacial score (nSPS) is 15.9. The highest BCUT2D eigenvalue weighted by atomic mass is 16.5. The Morgan fingerprint density at radius 1 is 0.686 bits per heavy atom. The van der Waals surface area contributed by atoms with Crippen LogP contribution in [0.15, 0.2) is 97.1 Å². The van der Waals surface area contributed by atoms with Gasteiger partial charge < -0.3 is 14.2 Å². The molecule has 0 spiro atoms. The van der Waals surface area contributed by atoms with Crippen molar-refractivity contribution in [1.29, 1.82) is 0 Å². The third-order valence-electron chi connectivity index (χ3n) is 6.05. The van der Waals surface area contributed by atoms with Crippen molar-refractivity contribution in [2.45, 2.75) is 32.6 Å². The Bertz CT molecular complexity index is 1200. The van der Waals surface area contributed by atoms with E-state index in [0.29, 0.717) is 5.75 Å². The van der Waals surface area contributed by atoms with Crippen LogP contribution in [0.4, 0.5) is 0 Å². The van der Waals surface area contributed by atoms with Crippen molar-refractivity contribution in [3.8, 4) is 17.2 Å². The number of hydrogen-bond acceptors (Lipinski definition) is 4. The lowest BCUT2D eigenvalue weighted by atomic mass is 9.70. The van der Waals surface area contributed by atoms with Gasteiger partial charge in [0.15, 0.2) is 0 Å². The molecule has 182 valence electrons. The molecule has 0 aliphatic heterocycles. The average molecular weight is 471 g/mol. The van der Waals surface area contributed by atoms with E-state index in [0.717, 1.165) is 40.7 Å². The van der Waals surface area contributed by atoms with Crippen LogP contribution >= 0.6 is 0 Å². The highest BCUT2D eigenvalue weighted by Crippen LogP contribution is 2.46. The van der Waals surface area contributed by atoms with E-state index in [-0.39, 0.29) is 17.8 Å². The molecular weight excluding hydrogens is 436 g/mol. The van der Waals surface area contributed by atoms with Crippen molar-refractivity contribution in [2.75, 3.05) is 14.2 Å². The molecule has 0 saturated heterocycles. The average Bonchev–Trinajstić information content (AvgIpc) is 2.90. The number of esters is 1. The molecule has 4 heteroatoms. The maximum Gasteiger partial charge on any atom is 0.314 e. The summed E-state index contributed by atoms with van der Waals surface area (Å²) in [7, 11) is 3.33. The lowest BCUT2D eigenvalue weighted by molar-refractivity contribution is -0.142. The molecule has 0 aromatic heterocycles. The fourth-order valence-electron chi connectivity index (χ4n) is 4.15. The Labute approximate surface area is 208 Å². The molecular formula is C31H34O4. The zero-order valence-electron chi connectivity index (χ0n) is 20.9. The van der Waals surface area contributed by atoms with Crippen molar-refractivity contribution in [3.05, 3.63) is 103 Å². The van der Waals surface area contributed by atoms with Gasteiger partial charge in [0.25, 0.3) is 0 Å². The predicted molar refractivity (Wildman–Crippen MR) is 142 cm³/mol. The minimum absolute atomic E-state index is 0.115. The minimum Gasteiger partial charge on any atom is -0.497 e. The first kappa shape index (κ1) is 25.8. The Hall–Kier alpha value is -3.79. The van der Waals surface area contributed by atoms with Gasteiger partial charge in [0, 0.05) is 11.3 Å². The first-order valence-corrected chi connectivity index (χ1v) is 12.1. The molecule has 4 aromatic carbocycles. The zero-order valence-corrected chi connectivity index (χ0v) is 20.9. The Morgan fingerprint density at radius 2 is 1.31 bits per heavy atom. The summed E-state index contributed by atoms with van der Waals surface area (Å²) in [5.41, 5.74) is 1.09. The Kier molecular flexibility index (Phi) is 9.73. The van der Waals surface area contributed by atoms with E-state index in [1.165, 1.54) is 0 Å². The number of carbonyl (C=O) groups excluding carboxylic acids is 1. The number of ether oxygens (including phenoxy) is 3. The van der Waals surface area contributed by atoms with Crippen LogP contribution in [0.1, 0.15) is 38.2 Å². The molecule has 0 N–H and O–H groups in total. The van der Waals surface area contributed by atoms with Gasteiger partial charge in [-0.2, -0.15) is 0 Å². The highest BCUT2D eigenvalue weighted by molar-refractivity contribution is 5.91. The third kappa shape index (κ3) is 6.42. The van der Waals surface area contributed by atoms with Gasteiger partial charge in [-0.05, 0) is 48.1 Å². The van der Waals surface area contributed by atoms with Crippen LogP contribution in [-0.4, -0.2) is 20.2 Å². The Balaban J connectivity index is 0.000000289. The molecule has 2 unspecified atom stereocenters. The first-order chi connectivity index (χ1) is 17.2. The van der Waals surface area contributed by atoms with Gasteiger partial charge in [-0.25, -0.2) is 0 Å². The molecule has 4 nitrogen and oxygen atoms in total. The molecule has 35 heavy (non-hydrogen) atoms. The summed E-state index contributed by atoms with van der Waals surface area (Å²) in [5.74, 6) is 2.28. The number of methoxy groups -OCH3 is 2. The monoisotopic (exact) mass is 470 g/mol. The smallest absolute Gasteiger partial charge is 0.314 e. The SMILES string of the molecule is CC.COc1ccccc1.COc1ccccc1C1CCC1C(=O)Oc1cccc2ccccc12. The van der Waals surface area contributed by atoms with E-state index in [4.69, 9.17) is 14.2 Å². The van der Waals surface area contributed by atoms with E-state index in [9.17, 15) is 4.79 Å². The van der Waals surface area contributed by atoms with E-state index in [1.54, 1.807) is 14.2 Å². The van der Waals surface area contributed by atoms with Crippen molar-refractivity contribution in [3.63, 3.8) is 0 Å². The fourth-order valence-corrected chi connectivity index (χ4v) is 4.15. The second kappa shape index (κ2) is 13.2. The standard InChI is InChI=1S/C22H20O3.C7H8O.C2H6/c1-24-20-11-5-4-10-18(20)17-13-14-19(17)22(23)25-21-12-6-8-15-7-2-3-9-16(15)21;1-8-7-5-3-2-4-6-7;1-2/h2-12,17,19H,13-14H2,1H3;2-6H,1H3;1-2H3. The molecule has 1 aliphatic rings. The van der Waals surface area contributed by atoms with Crippen molar-refractivity contribution >= 4 is 16.7 Å². The van der Waals surface area contributed by atoms with Crippen LogP contribution in [-0.2, 0) is 4.79 Å². The number of hydrogen-bond donors (Lipinski definition) is 0. The molecule has 1 aliphatic carbocycles. The predicted octanol–water partition coefficient (Wildman–Crippen LogP) is 7.67. The van der Waals surface area contributed by atoms with Gasteiger partial charge >= 0.3 is 5.97 Å². The highest BCUT2D eigenvalue weighted by Gasteiger charge is 2.40. The second-order valence-corrected chi connectivity index (χ2v) is 7.95. The van der Waals surface area contributed by atoms with Gasteiger partial charge in [-0.3, -0.25) is 4.79 Å². The third-order valence-corrected chi connectivity index (χ3v) is 6.05. The number of para-hydroxylation sites is 2. The van der Waals surface area contributed by atoms with Crippen LogP contribution in [0.2, 0.25) is 0 Å². The summed E-state index contributed by atoms with van der Waals surface area (Å²) >= 11 is 0. The van der Waals surface area contributed by atoms with Gasteiger partial charge in [0.1, 0.15) is 17.2 Å². The van der Waals surface area contributed by atoms with Crippen LogP contribution in [0, 0.1) is 5.92 Å². The zero-order chi connectivity index (χ0) is 25.0. The molecule has 0 heterocycles. The van der Waals surface area contributed by atoms with Crippen LogP contribution in [0.25, 0.3) is 10.8 Å². The first-order valence-electron chi connectivity index (χ1n) is 12.1. The maximum absolute atomic E-state index is 12.8. The molecule has 0 amide bonds.